The Hall–Kier alpha value is -1.36. The van der Waals surface area contributed by atoms with Crippen molar-refractivity contribution >= 4 is 11.8 Å². The Morgan fingerprint density at radius 2 is 2.18 bits per heavy atom. The first kappa shape index (κ1) is 12.1. The molecule has 2 aliphatic heterocycles. The van der Waals surface area contributed by atoms with Gasteiger partial charge in [0.15, 0.2) is 0 Å². The van der Waals surface area contributed by atoms with Crippen LogP contribution in [0.25, 0.3) is 0 Å². The number of nitrogens with zero attached hydrogens (tertiary/aromatic N) is 3. The topological polar surface area (TPSA) is 56.1 Å². The summed E-state index contributed by atoms with van der Waals surface area (Å²) in [6, 6.07) is 0.214. The van der Waals surface area contributed by atoms with E-state index in [9.17, 15) is 4.79 Å². The maximum Gasteiger partial charge on any atom is 0.317 e. The van der Waals surface area contributed by atoms with Crippen molar-refractivity contribution in [2.24, 2.45) is 4.99 Å². The molecule has 5 heteroatoms. The Balaban J connectivity index is 2.17. The number of aliphatic carboxylic acids is 1. The predicted octanol–water partition coefficient (Wildman–Crippen LogP) is 0.783. The minimum absolute atomic E-state index is 0.120. The fourth-order valence-corrected chi connectivity index (χ4v) is 2.46. The highest BCUT2D eigenvalue weighted by molar-refractivity contribution is 5.83. The third-order valence-corrected chi connectivity index (χ3v) is 3.55. The molecule has 0 bridgehead atoms. The van der Waals surface area contributed by atoms with Gasteiger partial charge in [0.1, 0.15) is 5.84 Å². The number of carbonyl (C=O) groups is 1. The molecular weight excluding hydrogens is 218 g/mol. The first-order chi connectivity index (χ1) is 7.99. The van der Waals surface area contributed by atoms with Gasteiger partial charge in [-0.05, 0) is 26.3 Å². The van der Waals surface area contributed by atoms with Gasteiger partial charge in [0.05, 0.1) is 12.6 Å². The molecule has 1 fully saturated rings. The van der Waals surface area contributed by atoms with E-state index >= 15 is 0 Å². The lowest BCUT2D eigenvalue weighted by Gasteiger charge is -2.41. The second kappa shape index (κ2) is 4.49. The van der Waals surface area contributed by atoms with Crippen molar-refractivity contribution < 1.29 is 9.90 Å². The summed E-state index contributed by atoms with van der Waals surface area (Å²) >= 11 is 0. The third kappa shape index (κ3) is 2.34. The number of rotatable bonds is 2. The van der Waals surface area contributed by atoms with Gasteiger partial charge in [-0.3, -0.25) is 14.7 Å². The van der Waals surface area contributed by atoms with Crippen LogP contribution in [0.5, 0.6) is 0 Å². The minimum atomic E-state index is -0.758. The molecule has 0 saturated carbocycles. The summed E-state index contributed by atoms with van der Waals surface area (Å²) in [6.45, 7) is 8.65. The number of piperazine rings is 1. The molecule has 94 valence electrons. The standard InChI is InChI=1S/C12H19N3O2/c1-8-9(2)13-10(3)15-5-4-14(6-11(8)15)7-12(16)17/h9H,4-7H2,1-3H3,(H,16,17). The van der Waals surface area contributed by atoms with Crippen LogP contribution in [-0.2, 0) is 4.79 Å². The van der Waals surface area contributed by atoms with Gasteiger partial charge in [-0.2, -0.15) is 0 Å². The Morgan fingerprint density at radius 3 is 2.82 bits per heavy atom. The van der Waals surface area contributed by atoms with E-state index in [2.05, 4.69) is 23.7 Å². The molecule has 0 aromatic carbocycles. The zero-order valence-corrected chi connectivity index (χ0v) is 10.6. The van der Waals surface area contributed by atoms with Gasteiger partial charge >= 0.3 is 5.97 Å². The fraction of sp³-hybridized carbons (Fsp3) is 0.667. The average Bonchev–Trinajstić information content (AvgIpc) is 2.25. The van der Waals surface area contributed by atoms with Crippen LogP contribution in [0.1, 0.15) is 20.8 Å². The van der Waals surface area contributed by atoms with Crippen LogP contribution < -0.4 is 0 Å². The number of carboxylic acids is 1. The van der Waals surface area contributed by atoms with Crippen molar-refractivity contribution in [3.05, 3.63) is 11.3 Å². The smallest absolute Gasteiger partial charge is 0.317 e. The molecule has 0 spiro atoms. The van der Waals surface area contributed by atoms with E-state index in [1.165, 1.54) is 11.3 Å². The molecular formula is C12H19N3O2. The minimum Gasteiger partial charge on any atom is -0.480 e. The fourth-order valence-electron chi connectivity index (χ4n) is 2.46. The molecule has 5 nitrogen and oxygen atoms in total. The van der Waals surface area contributed by atoms with E-state index in [1.54, 1.807) is 0 Å². The summed E-state index contributed by atoms with van der Waals surface area (Å²) in [5.74, 6) is 0.291. The van der Waals surface area contributed by atoms with Crippen molar-refractivity contribution in [2.45, 2.75) is 26.8 Å². The average molecular weight is 237 g/mol. The van der Waals surface area contributed by atoms with Crippen molar-refractivity contribution in [3.63, 3.8) is 0 Å². The highest BCUT2D eigenvalue weighted by Crippen LogP contribution is 2.25. The number of fused-ring (bicyclic) bond motifs is 1. The highest BCUT2D eigenvalue weighted by atomic mass is 16.4. The molecule has 2 heterocycles. The van der Waals surface area contributed by atoms with Crippen LogP contribution in [0, 0.1) is 0 Å². The van der Waals surface area contributed by atoms with E-state index in [4.69, 9.17) is 5.11 Å². The number of aliphatic imine (C=N–C) groups is 1. The molecule has 0 aromatic heterocycles. The van der Waals surface area contributed by atoms with E-state index in [0.717, 1.165) is 25.5 Å². The van der Waals surface area contributed by atoms with Crippen molar-refractivity contribution in [1.29, 1.82) is 0 Å². The summed E-state index contributed by atoms with van der Waals surface area (Å²) in [6.07, 6.45) is 0. The zero-order chi connectivity index (χ0) is 12.6. The molecule has 0 amide bonds. The zero-order valence-electron chi connectivity index (χ0n) is 10.6. The summed E-state index contributed by atoms with van der Waals surface area (Å²) in [4.78, 5) is 19.5. The van der Waals surface area contributed by atoms with E-state index in [-0.39, 0.29) is 12.6 Å². The lowest BCUT2D eigenvalue weighted by molar-refractivity contribution is -0.138. The summed E-state index contributed by atoms with van der Waals surface area (Å²) < 4.78 is 0. The second-order valence-electron chi connectivity index (χ2n) is 4.74. The summed E-state index contributed by atoms with van der Waals surface area (Å²) in [5.41, 5.74) is 2.49. The Labute approximate surface area is 101 Å². The van der Waals surface area contributed by atoms with E-state index in [1.807, 2.05) is 11.8 Å². The summed E-state index contributed by atoms with van der Waals surface area (Å²) in [5, 5.41) is 8.84. The largest absolute Gasteiger partial charge is 0.480 e. The number of hydrogen-bond acceptors (Lipinski definition) is 4. The second-order valence-corrected chi connectivity index (χ2v) is 4.74. The van der Waals surface area contributed by atoms with Gasteiger partial charge in [0, 0.05) is 25.3 Å². The number of hydrogen-bond donors (Lipinski definition) is 1. The SMILES string of the molecule is CC1=NC(C)C(C)=C2CN(CC(=O)O)CCN12. The van der Waals surface area contributed by atoms with Crippen molar-refractivity contribution in [2.75, 3.05) is 26.2 Å². The molecule has 1 unspecified atom stereocenters. The molecule has 0 radical (unpaired) electrons. The Bertz CT molecular complexity index is 401. The Kier molecular flexibility index (Phi) is 3.19. The monoisotopic (exact) mass is 237 g/mol. The first-order valence-corrected chi connectivity index (χ1v) is 5.94. The van der Waals surface area contributed by atoms with Crippen LogP contribution in [0.3, 0.4) is 0 Å². The molecule has 1 saturated heterocycles. The lowest BCUT2D eigenvalue weighted by Crippen LogP contribution is -2.50. The van der Waals surface area contributed by atoms with Gasteiger partial charge in [-0.25, -0.2) is 0 Å². The van der Waals surface area contributed by atoms with Gasteiger partial charge in [0.2, 0.25) is 0 Å². The van der Waals surface area contributed by atoms with Gasteiger partial charge in [-0.1, -0.05) is 0 Å². The van der Waals surface area contributed by atoms with Gasteiger partial charge in [-0.15, -0.1) is 0 Å². The van der Waals surface area contributed by atoms with E-state index < -0.39 is 5.97 Å². The Morgan fingerprint density at radius 1 is 1.47 bits per heavy atom. The quantitative estimate of drug-likeness (QED) is 0.771. The predicted molar refractivity (Wildman–Crippen MR) is 66.1 cm³/mol. The molecule has 1 atom stereocenters. The number of carboxylic acid groups (broad SMARTS) is 1. The third-order valence-electron chi connectivity index (χ3n) is 3.55. The molecule has 2 rings (SSSR count). The van der Waals surface area contributed by atoms with Gasteiger partial charge < -0.3 is 10.0 Å². The molecule has 0 aromatic rings. The van der Waals surface area contributed by atoms with Gasteiger partial charge in [0.25, 0.3) is 0 Å². The molecule has 1 N–H and O–H groups in total. The van der Waals surface area contributed by atoms with Crippen LogP contribution in [0.4, 0.5) is 0 Å². The molecule has 0 aliphatic carbocycles. The first-order valence-electron chi connectivity index (χ1n) is 5.94. The number of amidine groups is 1. The molecule has 2 aliphatic rings. The van der Waals surface area contributed by atoms with E-state index in [0.29, 0.717) is 0 Å². The maximum atomic E-state index is 10.7. The lowest BCUT2D eigenvalue weighted by atomic mass is 10.0. The van der Waals surface area contributed by atoms with Crippen LogP contribution in [0.15, 0.2) is 16.3 Å². The maximum absolute atomic E-state index is 10.7. The summed E-state index contributed by atoms with van der Waals surface area (Å²) in [7, 11) is 0. The van der Waals surface area contributed by atoms with Crippen LogP contribution >= 0.6 is 0 Å². The highest BCUT2D eigenvalue weighted by Gasteiger charge is 2.29. The molecule has 17 heavy (non-hydrogen) atoms. The normalized spacial score (nSPS) is 25.7. The van der Waals surface area contributed by atoms with Crippen molar-refractivity contribution in [3.8, 4) is 0 Å². The van der Waals surface area contributed by atoms with Crippen LogP contribution in [0.2, 0.25) is 0 Å². The van der Waals surface area contributed by atoms with Crippen LogP contribution in [-0.4, -0.2) is 58.9 Å². The van der Waals surface area contributed by atoms with Crippen molar-refractivity contribution in [1.82, 2.24) is 9.80 Å².